The molecular weight excluding hydrogens is 763 g/mol. The molecule has 1 aliphatic carbocycles. The highest BCUT2D eigenvalue weighted by Crippen LogP contribution is 2.49. The Hall–Kier alpha value is -8.01. The Labute approximate surface area is 367 Å². The maximum atomic E-state index is 5.28. The minimum atomic E-state index is -0.0844. The van der Waals surface area contributed by atoms with Crippen molar-refractivity contribution in [2.45, 2.75) is 19.3 Å². The Balaban J connectivity index is 1.03. The van der Waals surface area contributed by atoms with Gasteiger partial charge in [-0.05, 0) is 118 Å². The number of nitrogens with zero attached hydrogens (tertiary/aromatic N) is 3. The molecule has 1 aliphatic rings. The standard InChI is InChI=1S/C60H41N3/c1-60(2)55-24-13-12-23-50(55)51-32-27-44(37-56(51)60)41-21-14-22-45(33-41)58-61-57(40-19-10-5-11-20-40)62-59(63-58)46-28-31-48-47-29-25-42(38-15-6-3-7-16-38)34-52(47)49-30-26-43(35-53(49)54(48)36-46)39-17-8-4-9-18-39/h3-37H,1-2H3. The van der Waals surface area contributed by atoms with E-state index in [1.54, 1.807) is 0 Å². The van der Waals surface area contributed by atoms with Gasteiger partial charge in [-0.15, -0.1) is 0 Å². The molecular formula is C60H41N3. The van der Waals surface area contributed by atoms with Crippen LogP contribution in [0.25, 0.3) is 111 Å². The van der Waals surface area contributed by atoms with Crippen LogP contribution in [-0.4, -0.2) is 15.0 Å². The highest BCUT2D eigenvalue weighted by Gasteiger charge is 2.35. The van der Waals surface area contributed by atoms with E-state index in [0.717, 1.165) is 27.6 Å². The van der Waals surface area contributed by atoms with Crippen LogP contribution in [0.15, 0.2) is 212 Å². The van der Waals surface area contributed by atoms with Crippen LogP contribution in [0.3, 0.4) is 0 Å². The summed E-state index contributed by atoms with van der Waals surface area (Å²) in [6.07, 6.45) is 0. The fraction of sp³-hybridized carbons (Fsp3) is 0.0500. The van der Waals surface area contributed by atoms with Crippen molar-refractivity contribution in [3.63, 3.8) is 0 Å². The molecule has 1 heterocycles. The minimum Gasteiger partial charge on any atom is -0.208 e. The van der Waals surface area contributed by atoms with Crippen molar-refractivity contribution in [3.8, 4) is 78.7 Å². The second-order valence-corrected chi connectivity index (χ2v) is 17.2. The minimum absolute atomic E-state index is 0.0844. The molecule has 0 N–H and O–H groups in total. The summed E-state index contributed by atoms with van der Waals surface area (Å²) >= 11 is 0. The first-order valence-corrected chi connectivity index (χ1v) is 21.7. The van der Waals surface area contributed by atoms with Crippen LogP contribution in [0.1, 0.15) is 25.0 Å². The van der Waals surface area contributed by atoms with Crippen LogP contribution in [0.4, 0.5) is 0 Å². The molecule has 12 rings (SSSR count). The van der Waals surface area contributed by atoms with Gasteiger partial charge in [0.05, 0.1) is 0 Å². The SMILES string of the molecule is CC1(C)c2ccccc2-c2ccc(-c3cccc(-c4nc(-c5ccccc5)nc(-c5ccc6c7ccc(-c8ccccc8)cc7c7ccc(-c8ccccc8)cc7c6c5)n4)c3)cc21. The first-order valence-electron chi connectivity index (χ1n) is 21.7. The van der Waals surface area contributed by atoms with Crippen molar-refractivity contribution in [3.05, 3.63) is 223 Å². The molecule has 3 nitrogen and oxygen atoms in total. The fourth-order valence-electron chi connectivity index (χ4n) is 9.84. The lowest BCUT2D eigenvalue weighted by molar-refractivity contribution is 0.660. The maximum Gasteiger partial charge on any atom is 0.164 e. The van der Waals surface area contributed by atoms with Gasteiger partial charge in [-0.2, -0.15) is 0 Å². The van der Waals surface area contributed by atoms with Crippen molar-refractivity contribution in [2.24, 2.45) is 0 Å². The van der Waals surface area contributed by atoms with Crippen LogP contribution in [0.5, 0.6) is 0 Å². The molecule has 0 saturated heterocycles. The Morgan fingerprint density at radius 1 is 0.254 bits per heavy atom. The molecule has 0 aliphatic heterocycles. The molecule has 0 spiro atoms. The lowest BCUT2D eigenvalue weighted by atomic mass is 9.81. The van der Waals surface area contributed by atoms with Crippen LogP contribution in [0.2, 0.25) is 0 Å². The Kier molecular flexibility index (Phi) is 8.52. The van der Waals surface area contributed by atoms with E-state index in [1.165, 1.54) is 77.0 Å². The van der Waals surface area contributed by atoms with Crippen LogP contribution >= 0.6 is 0 Å². The second kappa shape index (κ2) is 14.6. The lowest BCUT2D eigenvalue weighted by Crippen LogP contribution is -2.14. The number of aromatic nitrogens is 3. The van der Waals surface area contributed by atoms with E-state index in [-0.39, 0.29) is 5.41 Å². The zero-order valence-electron chi connectivity index (χ0n) is 35.0. The van der Waals surface area contributed by atoms with E-state index in [2.05, 4.69) is 208 Å². The van der Waals surface area contributed by atoms with E-state index >= 15 is 0 Å². The molecule has 0 bridgehead atoms. The van der Waals surface area contributed by atoms with E-state index in [1.807, 2.05) is 18.2 Å². The van der Waals surface area contributed by atoms with Crippen molar-refractivity contribution in [1.82, 2.24) is 15.0 Å². The highest BCUT2D eigenvalue weighted by molar-refractivity contribution is 6.26. The first kappa shape index (κ1) is 36.8. The molecule has 0 atom stereocenters. The molecule has 296 valence electrons. The van der Waals surface area contributed by atoms with Crippen LogP contribution in [0, 0.1) is 0 Å². The van der Waals surface area contributed by atoms with Gasteiger partial charge < -0.3 is 0 Å². The summed E-state index contributed by atoms with van der Waals surface area (Å²) < 4.78 is 0. The van der Waals surface area contributed by atoms with Gasteiger partial charge in [0.15, 0.2) is 17.5 Å². The van der Waals surface area contributed by atoms with Gasteiger partial charge in [0, 0.05) is 22.1 Å². The first-order chi connectivity index (χ1) is 31.0. The average Bonchev–Trinajstić information content (AvgIpc) is 3.59. The van der Waals surface area contributed by atoms with Gasteiger partial charge in [-0.25, -0.2) is 15.0 Å². The van der Waals surface area contributed by atoms with Gasteiger partial charge >= 0.3 is 0 Å². The zero-order chi connectivity index (χ0) is 42.1. The molecule has 10 aromatic carbocycles. The normalized spacial score (nSPS) is 12.7. The summed E-state index contributed by atoms with van der Waals surface area (Å²) in [4.78, 5) is 15.6. The Morgan fingerprint density at radius 2 is 0.635 bits per heavy atom. The fourth-order valence-corrected chi connectivity index (χ4v) is 9.84. The van der Waals surface area contributed by atoms with Crippen LogP contribution < -0.4 is 0 Å². The summed E-state index contributed by atoms with van der Waals surface area (Å²) in [6, 6.07) is 76.3. The third-order valence-electron chi connectivity index (χ3n) is 13.1. The number of hydrogen-bond donors (Lipinski definition) is 0. The van der Waals surface area contributed by atoms with E-state index < -0.39 is 0 Å². The van der Waals surface area contributed by atoms with Crippen LogP contribution in [-0.2, 0) is 5.41 Å². The number of rotatable bonds is 6. The topological polar surface area (TPSA) is 38.7 Å². The van der Waals surface area contributed by atoms with E-state index in [0.29, 0.717) is 17.5 Å². The predicted molar refractivity (Wildman–Crippen MR) is 263 cm³/mol. The van der Waals surface area contributed by atoms with E-state index in [9.17, 15) is 0 Å². The summed E-state index contributed by atoms with van der Waals surface area (Å²) in [5.74, 6) is 1.91. The third-order valence-corrected chi connectivity index (χ3v) is 13.1. The highest BCUT2D eigenvalue weighted by atomic mass is 15.0. The lowest BCUT2D eigenvalue weighted by Gasteiger charge is -2.22. The Bertz CT molecular complexity index is 3570. The summed E-state index contributed by atoms with van der Waals surface area (Å²) in [7, 11) is 0. The van der Waals surface area contributed by atoms with Crippen molar-refractivity contribution in [1.29, 1.82) is 0 Å². The molecule has 63 heavy (non-hydrogen) atoms. The van der Waals surface area contributed by atoms with Gasteiger partial charge in [0.2, 0.25) is 0 Å². The second-order valence-electron chi connectivity index (χ2n) is 17.2. The molecule has 1 aromatic heterocycles. The Morgan fingerprint density at radius 3 is 1.25 bits per heavy atom. The van der Waals surface area contributed by atoms with Gasteiger partial charge in [0.1, 0.15) is 0 Å². The smallest absolute Gasteiger partial charge is 0.164 e. The monoisotopic (exact) mass is 803 g/mol. The predicted octanol–water partition coefficient (Wildman–Crippen LogP) is 15.6. The molecule has 0 saturated carbocycles. The maximum absolute atomic E-state index is 5.28. The summed E-state index contributed by atoms with van der Waals surface area (Å²) in [5, 5.41) is 7.20. The van der Waals surface area contributed by atoms with E-state index in [4.69, 9.17) is 15.0 Å². The van der Waals surface area contributed by atoms with Gasteiger partial charge in [0.25, 0.3) is 0 Å². The molecule has 0 fully saturated rings. The van der Waals surface area contributed by atoms with Gasteiger partial charge in [-0.3, -0.25) is 0 Å². The largest absolute Gasteiger partial charge is 0.208 e. The zero-order valence-corrected chi connectivity index (χ0v) is 35.0. The number of fused-ring (bicyclic) bond motifs is 9. The number of benzene rings is 10. The summed E-state index contributed by atoms with van der Waals surface area (Å²) in [5.41, 5.74) is 15.2. The molecule has 3 heteroatoms. The number of hydrogen-bond acceptors (Lipinski definition) is 3. The third kappa shape index (κ3) is 6.23. The van der Waals surface area contributed by atoms with Gasteiger partial charge in [-0.1, -0.05) is 196 Å². The average molecular weight is 804 g/mol. The van der Waals surface area contributed by atoms with Crippen molar-refractivity contribution >= 4 is 32.3 Å². The van der Waals surface area contributed by atoms with Crippen molar-refractivity contribution < 1.29 is 0 Å². The summed E-state index contributed by atoms with van der Waals surface area (Å²) in [6.45, 7) is 4.66. The van der Waals surface area contributed by atoms with Crippen molar-refractivity contribution in [2.75, 3.05) is 0 Å². The molecule has 0 amide bonds. The molecule has 0 unspecified atom stereocenters. The quantitative estimate of drug-likeness (QED) is 0.157. The molecule has 0 radical (unpaired) electrons. The molecule has 11 aromatic rings.